The second-order valence-electron chi connectivity index (χ2n) is 5.16. The molecule has 1 unspecified atom stereocenters. The van der Waals surface area contributed by atoms with E-state index >= 15 is 0 Å². The molecule has 0 aliphatic carbocycles. The van der Waals surface area contributed by atoms with Crippen LogP contribution in [0.1, 0.15) is 23.9 Å². The summed E-state index contributed by atoms with van der Waals surface area (Å²) in [6, 6.07) is 11.1. The molecule has 2 heterocycles. The summed E-state index contributed by atoms with van der Waals surface area (Å²) < 4.78 is 5.06. The topological polar surface area (TPSA) is 54.2 Å². The van der Waals surface area contributed by atoms with Crippen molar-refractivity contribution in [3.05, 3.63) is 48.1 Å². The second kappa shape index (κ2) is 6.63. The van der Waals surface area contributed by atoms with Crippen molar-refractivity contribution in [3.8, 4) is 0 Å². The molecule has 1 aliphatic rings. The van der Waals surface area contributed by atoms with Crippen LogP contribution in [0.3, 0.4) is 0 Å². The van der Waals surface area contributed by atoms with Gasteiger partial charge in [0.25, 0.3) is 0 Å². The molecule has 0 amide bonds. The van der Waals surface area contributed by atoms with E-state index in [9.17, 15) is 0 Å². The van der Waals surface area contributed by atoms with Crippen LogP contribution in [0, 0.1) is 0 Å². The first-order valence-electron chi connectivity index (χ1n) is 7.18. The summed E-state index contributed by atoms with van der Waals surface area (Å²) >= 11 is 0. The van der Waals surface area contributed by atoms with E-state index in [1.54, 1.807) is 0 Å². The molecule has 2 aromatic rings. The van der Waals surface area contributed by atoms with Crippen LogP contribution in [-0.2, 0) is 6.42 Å². The van der Waals surface area contributed by atoms with Crippen molar-refractivity contribution < 1.29 is 4.52 Å². The van der Waals surface area contributed by atoms with Crippen LogP contribution < -0.4 is 5.32 Å². The zero-order valence-corrected chi connectivity index (χ0v) is 11.5. The lowest BCUT2D eigenvalue weighted by molar-refractivity contribution is 0.258. The maximum Gasteiger partial charge on any atom is 0.227 e. The summed E-state index contributed by atoms with van der Waals surface area (Å²) in [7, 11) is 0. The van der Waals surface area contributed by atoms with Gasteiger partial charge in [0.1, 0.15) is 0 Å². The van der Waals surface area contributed by atoms with Crippen LogP contribution in [0.5, 0.6) is 0 Å². The maximum absolute atomic E-state index is 5.06. The summed E-state index contributed by atoms with van der Waals surface area (Å²) in [5.74, 6) is 0.721. The lowest BCUT2D eigenvalue weighted by atomic mass is 10.1. The summed E-state index contributed by atoms with van der Waals surface area (Å²) in [6.45, 7) is 4.17. The molecule has 5 heteroatoms. The number of benzene rings is 1. The maximum atomic E-state index is 5.06. The number of hydrogen-bond acceptors (Lipinski definition) is 5. The van der Waals surface area contributed by atoms with Crippen LogP contribution in [0.25, 0.3) is 0 Å². The molecule has 0 bridgehead atoms. The van der Waals surface area contributed by atoms with E-state index in [-0.39, 0.29) is 0 Å². The largest absolute Gasteiger partial charge is 0.340 e. The Labute approximate surface area is 119 Å². The fraction of sp³-hybridized carbons (Fsp3) is 0.467. The monoisotopic (exact) mass is 272 g/mol. The van der Waals surface area contributed by atoms with Crippen molar-refractivity contribution in [3.63, 3.8) is 0 Å². The molecule has 0 radical (unpaired) electrons. The molecule has 1 saturated heterocycles. The first-order valence-corrected chi connectivity index (χ1v) is 7.18. The van der Waals surface area contributed by atoms with E-state index in [4.69, 9.17) is 4.52 Å². The van der Waals surface area contributed by atoms with Gasteiger partial charge in [-0.2, -0.15) is 4.98 Å². The Hall–Kier alpha value is -1.72. The molecule has 0 saturated carbocycles. The first-order chi connectivity index (χ1) is 9.92. The number of nitrogens with one attached hydrogen (secondary N) is 1. The van der Waals surface area contributed by atoms with Gasteiger partial charge in [-0.25, -0.2) is 0 Å². The minimum Gasteiger partial charge on any atom is -0.340 e. The van der Waals surface area contributed by atoms with Gasteiger partial charge in [-0.05, 0) is 25.1 Å². The zero-order chi connectivity index (χ0) is 13.6. The molecule has 1 N–H and O–H groups in total. The third-order valence-electron chi connectivity index (χ3n) is 3.73. The Morgan fingerprint density at radius 1 is 1.30 bits per heavy atom. The molecule has 5 nitrogen and oxygen atoms in total. The van der Waals surface area contributed by atoms with E-state index < -0.39 is 0 Å². The molecule has 20 heavy (non-hydrogen) atoms. The van der Waals surface area contributed by atoms with E-state index in [1.807, 2.05) is 0 Å². The van der Waals surface area contributed by atoms with E-state index in [1.165, 1.54) is 18.3 Å². The highest BCUT2D eigenvalue weighted by atomic mass is 16.5. The number of rotatable bonds is 4. The fourth-order valence-corrected chi connectivity index (χ4v) is 2.66. The molecule has 1 aromatic heterocycles. The van der Waals surface area contributed by atoms with Crippen molar-refractivity contribution in [2.45, 2.75) is 18.9 Å². The summed E-state index contributed by atoms with van der Waals surface area (Å²) in [5, 5.41) is 7.28. The van der Waals surface area contributed by atoms with Crippen molar-refractivity contribution in [1.29, 1.82) is 0 Å². The van der Waals surface area contributed by atoms with Crippen molar-refractivity contribution >= 4 is 0 Å². The third kappa shape index (κ3) is 3.43. The molecule has 1 atom stereocenters. The predicted octanol–water partition coefficient (Wildman–Crippen LogP) is 1.65. The smallest absolute Gasteiger partial charge is 0.227 e. The van der Waals surface area contributed by atoms with Gasteiger partial charge in [0.15, 0.2) is 6.33 Å². The van der Waals surface area contributed by atoms with Crippen molar-refractivity contribution in [2.75, 3.05) is 26.2 Å². The molecular formula is C15H20N4O. The Bertz CT molecular complexity index is 500. The van der Waals surface area contributed by atoms with E-state index in [2.05, 4.69) is 50.7 Å². The number of aromatic nitrogens is 2. The average molecular weight is 272 g/mol. The highest BCUT2D eigenvalue weighted by Crippen LogP contribution is 2.16. The average Bonchev–Trinajstić information content (AvgIpc) is 2.90. The number of hydrogen-bond donors (Lipinski definition) is 1. The van der Waals surface area contributed by atoms with Gasteiger partial charge < -0.3 is 14.7 Å². The van der Waals surface area contributed by atoms with Gasteiger partial charge in [0.2, 0.25) is 5.89 Å². The third-order valence-corrected chi connectivity index (χ3v) is 3.73. The minimum atomic E-state index is 0.404. The van der Waals surface area contributed by atoms with Crippen molar-refractivity contribution in [2.24, 2.45) is 0 Å². The van der Waals surface area contributed by atoms with E-state index in [0.717, 1.165) is 38.5 Å². The molecule has 3 rings (SSSR count). The summed E-state index contributed by atoms with van der Waals surface area (Å²) in [4.78, 5) is 6.56. The lowest BCUT2D eigenvalue weighted by Crippen LogP contribution is -2.32. The van der Waals surface area contributed by atoms with Crippen LogP contribution in [0.15, 0.2) is 41.2 Å². The fourth-order valence-electron chi connectivity index (χ4n) is 2.66. The van der Waals surface area contributed by atoms with E-state index in [0.29, 0.717) is 6.04 Å². The Morgan fingerprint density at radius 3 is 3.00 bits per heavy atom. The second-order valence-corrected chi connectivity index (χ2v) is 5.16. The molecule has 1 aliphatic heterocycles. The van der Waals surface area contributed by atoms with Crippen LogP contribution in [0.4, 0.5) is 0 Å². The molecule has 106 valence electrons. The normalized spacial score (nSPS) is 20.7. The standard InChI is InChI=1S/C15H20N4O/c1-2-5-13(6-3-1)14-11-19(9-4-8-16-14)10-7-15-17-12-18-20-15/h1-3,5-6,12,14,16H,4,7-11H2. The highest BCUT2D eigenvalue weighted by Gasteiger charge is 2.19. The molecule has 0 spiro atoms. The van der Waals surface area contributed by atoms with Crippen molar-refractivity contribution in [1.82, 2.24) is 20.4 Å². The van der Waals surface area contributed by atoms with Gasteiger partial charge in [-0.1, -0.05) is 35.5 Å². The lowest BCUT2D eigenvalue weighted by Gasteiger charge is -2.24. The highest BCUT2D eigenvalue weighted by molar-refractivity contribution is 5.19. The molecule has 1 aromatic carbocycles. The Kier molecular flexibility index (Phi) is 4.40. The zero-order valence-electron chi connectivity index (χ0n) is 11.5. The minimum absolute atomic E-state index is 0.404. The van der Waals surface area contributed by atoms with Gasteiger partial charge in [-0.15, -0.1) is 0 Å². The predicted molar refractivity (Wildman–Crippen MR) is 76.2 cm³/mol. The summed E-state index contributed by atoms with van der Waals surface area (Å²) in [5.41, 5.74) is 1.36. The summed E-state index contributed by atoms with van der Waals surface area (Å²) in [6.07, 6.45) is 3.46. The van der Waals surface area contributed by atoms with Gasteiger partial charge >= 0.3 is 0 Å². The van der Waals surface area contributed by atoms with Crippen LogP contribution in [-0.4, -0.2) is 41.2 Å². The number of nitrogens with zero attached hydrogens (tertiary/aromatic N) is 3. The quantitative estimate of drug-likeness (QED) is 0.917. The Balaban J connectivity index is 1.60. The molecular weight excluding hydrogens is 252 g/mol. The first kappa shape index (κ1) is 13.3. The van der Waals surface area contributed by atoms with Crippen LogP contribution in [0.2, 0.25) is 0 Å². The SMILES string of the molecule is c1ccc(C2CN(CCc3ncno3)CCCN2)cc1. The Morgan fingerprint density at radius 2 is 2.20 bits per heavy atom. The van der Waals surface area contributed by atoms with Gasteiger partial charge in [0, 0.05) is 25.6 Å². The molecule has 1 fully saturated rings. The van der Waals surface area contributed by atoms with Crippen LogP contribution >= 0.6 is 0 Å². The van der Waals surface area contributed by atoms with Gasteiger partial charge in [0.05, 0.1) is 0 Å². The van der Waals surface area contributed by atoms with Gasteiger partial charge in [-0.3, -0.25) is 0 Å².